The van der Waals surface area contributed by atoms with E-state index in [9.17, 15) is 27.6 Å². The Morgan fingerprint density at radius 3 is 2.00 bits per heavy atom. The summed E-state index contributed by atoms with van der Waals surface area (Å²) in [6.45, 7) is -0.339. The van der Waals surface area contributed by atoms with Crippen LogP contribution < -0.4 is 4.90 Å². The molecule has 8 heteroatoms. The summed E-state index contributed by atoms with van der Waals surface area (Å²) >= 11 is 0. The monoisotopic (exact) mass is 475 g/mol. The molecule has 0 saturated heterocycles. The van der Waals surface area contributed by atoms with Gasteiger partial charge < -0.3 is 4.74 Å². The first kappa shape index (κ1) is 22.3. The minimum Gasteiger partial charge on any atom is -0.457 e. The second-order valence-corrected chi connectivity index (χ2v) is 7.98. The molecule has 0 N–H and O–H groups in total. The Labute approximate surface area is 197 Å². The Bertz CT molecular complexity index is 1440. The van der Waals surface area contributed by atoms with Gasteiger partial charge in [0.25, 0.3) is 11.8 Å². The van der Waals surface area contributed by atoms with Gasteiger partial charge in [-0.1, -0.05) is 36.4 Å². The first-order valence-corrected chi connectivity index (χ1v) is 10.6. The number of carbonyl (C=O) groups is 3. The Morgan fingerprint density at radius 1 is 0.800 bits per heavy atom. The van der Waals surface area contributed by atoms with Crippen molar-refractivity contribution in [3.63, 3.8) is 0 Å². The average Bonchev–Trinajstić information content (AvgIpc) is 2.86. The van der Waals surface area contributed by atoms with Crippen LogP contribution >= 0.6 is 0 Å². The summed E-state index contributed by atoms with van der Waals surface area (Å²) in [6.07, 6.45) is -4.49. The molecule has 4 aromatic rings. The van der Waals surface area contributed by atoms with E-state index in [-0.39, 0.29) is 23.4 Å². The maximum absolute atomic E-state index is 13.1. The maximum Gasteiger partial charge on any atom is 0.416 e. The predicted octanol–water partition coefficient (Wildman–Crippen LogP) is 6.02. The fourth-order valence-electron chi connectivity index (χ4n) is 4.08. The minimum atomic E-state index is -4.49. The van der Waals surface area contributed by atoms with Gasteiger partial charge in [-0.05, 0) is 59.5 Å². The number of carbonyl (C=O) groups excluding carboxylic acids is 3. The molecule has 0 saturated carbocycles. The van der Waals surface area contributed by atoms with E-state index in [4.69, 9.17) is 4.74 Å². The van der Waals surface area contributed by atoms with Crippen LogP contribution in [0.4, 0.5) is 18.9 Å². The highest BCUT2D eigenvalue weighted by molar-refractivity contribution is 6.35. The van der Waals surface area contributed by atoms with Crippen LogP contribution in [0.15, 0.2) is 84.9 Å². The van der Waals surface area contributed by atoms with Crippen LogP contribution in [0, 0.1) is 0 Å². The molecule has 0 radical (unpaired) electrons. The van der Waals surface area contributed by atoms with Gasteiger partial charge in [-0.15, -0.1) is 0 Å². The largest absolute Gasteiger partial charge is 0.457 e. The second-order valence-electron chi connectivity index (χ2n) is 7.98. The van der Waals surface area contributed by atoms with Crippen molar-refractivity contribution in [1.82, 2.24) is 0 Å². The number of amides is 2. The Hall–Kier alpha value is -4.46. The zero-order chi connectivity index (χ0) is 24.7. The summed E-state index contributed by atoms with van der Waals surface area (Å²) in [4.78, 5) is 39.7. The van der Waals surface area contributed by atoms with Crippen LogP contribution in [0.25, 0.3) is 10.8 Å². The molecule has 4 aromatic carbocycles. The molecule has 1 heterocycles. The standard InChI is InChI=1S/C27H16F3NO4/c28-27(29,30)19-7-1-4-16(14-19)15-35-26(34)18-10-12-20(13-11-18)31-24(32)21-8-2-5-17-6-3-9-22(23(17)21)25(31)33/h1-14H,15H2. The van der Waals surface area contributed by atoms with Gasteiger partial charge in [0, 0.05) is 16.5 Å². The zero-order valence-corrected chi connectivity index (χ0v) is 18.0. The molecule has 5 nitrogen and oxygen atoms in total. The Morgan fingerprint density at radius 2 is 1.40 bits per heavy atom. The molecular weight excluding hydrogens is 459 g/mol. The quantitative estimate of drug-likeness (QED) is 0.268. The van der Waals surface area contributed by atoms with E-state index in [1.807, 2.05) is 12.1 Å². The fraction of sp³-hybridized carbons (Fsp3) is 0.0741. The molecule has 0 aromatic heterocycles. The molecule has 35 heavy (non-hydrogen) atoms. The van der Waals surface area contributed by atoms with Gasteiger partial charge in [0.2, 0.25) is 0 Å². The Kier molecular flexibility index (Phi) is 5.36. The van der Waals surface area contributed by atoms with E-state index in [0.717, 1.165) is 22.4 Å². The van der Waals surface area contributed by atoms with Crippen molar-refractivity contribution in [1.29, 1.82) is 0 Å². The number of ether oxygens (including phenoxy) is 1. The first-order valence-electron chi connectivity index (χ1n) is 10.6. The number of nitrogens with zero attached hydrogens (tertiary/aromatic N) is 1. The number of benzene rings is 4. The number of imide groups is 1. The highest BCUT2D eigenvalue weighted by atomic mass is 19.4. The van der Waals surface area contributed by atoms with Crippen molar-refractivity contribution >= 4 is 34.2 Å². The van der Waals surface area contributed by atoms with Gasteiger partial charge in [-0.3, -0.25) is 9.59 Å². The third kappa shape index (κ3) is 4.03. The highest BCUT2D eigenvalue weighted by Crippen LogP contribution is 2.33. The van der Waals surface area contributed by atoms with Crippen molar-refractivity contribution in [2.75, 3.05) is 4.90 Å². The molecule has 0 unspecified atom stereocenters. The summed E-state index contributed by atoms with van der Waals surface area (Å²) in [6, 6.07) is 20.7. The van der Waals surface area contributed by atoms with Crippen LogP contribution in [0.3, 0.4) is 0 Å². The van der Waals surface area contributed by atoms with E-state index >= 15 is 0 Å². The van der Waals surface area contributed by atoms with Crippen molar-refractivity contribution in [3.8, 4) is 0 Å². The average molecular weight is 475 g/mol. The van der Waals surface area contributed by atoms with Gasteiger partial charge in [0.05, 0.1) is 16.8 Å². The molecule has 0 fully saturated rings. The normalized spacial score (nSPS) is 13.3. The van der Waals surface area contributed by atoms with Crippen LogP contribution in [0.2, 0.25) is 0 Å². The number of esters is 1. The van der Waals surface area contributed by atoms with E-state index < -0.39 is 29.5 Å². The summed E-state index contributed by atoms with van der Waals surface area (Å²) in [5.74, 6) is -1.70. The van der Waals surface area contributed by atoms with Crippen molar-refractivity contribution in [3.05, 3.63) is 113 Å². The van der Waals surface area contributed by atoms with E-state index in [1.54, 1.807) is 24.3 Å². The summed E-state index contributed by atoms with van der Waals surface area (Å²) in [5.41, 5.74) is 0.580. The van der Waals surface area contributed by atoms with E-state index in [1.165, 1.54) is 36.4 Å². The smallest absolute Gasteiger partial charge is 0.416 e. The lowest BCUT2D eigenvalue weighted by Crippen LogP contribution is -2.40. The molecule has 5 rings (SSSR count). The molecule has 0 bridgehead atoms. The van der Waals surface area contributed by atoms with Crippen molar-refractivity contribution in [2.24, 2.45) is 0 Å². The number of alkyl halides is 3. The van der Waals surface area contributed by atoms with Crippen molar-refractivity contribution < 1.29 is 32.3 Å². The summed E-state index contributed by atoms with van der Waals surface area (Å²) < 4.78 is 43.7. The third-order valence-corrected chi connectivity index (χ3v) is 5.76. The number of rotatable bonds is 4. The van der Waals surface area contributed by atoms with Gasteiger partial charge in [0.15, 0.2) is 0 Å². The molecule has 1 aliphatic rings. The van der Waals surface area contributed by atoms with Crippen LogP contribution in [-0.2, 0) is 17.5 Å². The number of hydrogen-bond donors (Lipinski definition) is 0. The fourth-order valence-corrected chi connectivity index (χ4v) is 4.08. The van der Waals surface area contributed by atoms with Gasteiger partial charge in [-0.2, -0.15) is 13.2 Å². The topological polar surface area (TPSA) is 63.7 Å². The van der Waals surface area contributed by atoms with Crippen LogP contribution in [0.5, 0.6) is 0 Å². The van der Waals surface area contributed by atoms with Gasteiger partial charge in [0.1, 0.15) is 6.61 Å². The Balaban J connectivity index is 1.34. The first-order chi connectivity index (χ1) is 16.7. The molecular formula is C27H16F3NO4. The van der Waals surface area contributed by atoms with Crippen molar-refractivity contribution in [2.45, 2.75) is 12.8 Å². The van der Waals surface area contributed by atoms with E-state index in [0.29, 0.717) is 16.5 Å². The maximum atomic E-state index is 13.1. The minimum absolute atomic E-state index is 0.125. The molecule has 0 atom stereocenters. The summed E-state index contributed by atoms with van der Waals surface area (Å²) in [7, 11) is 0. The summed E-state index contributed by atoms with van der Waals surface area (Å²) in [5, 5.41) is 1.40. The third-order valence-electron chi connectivity index (χ3n) is 5.76. The van der Waals surface area contributed by atoms with Gasteiger partial charge in [-0.25, -0.2) is 9.69 Å². The lowest BCUT2D eigenvalue weighted by molar-refractivity contribution is -0.137. The zero-order valence-electron chi connectivity index (χ0n) is 18.0. The lowest BCUT2D eigenvalue weighted by atomic mass is 9.94. The molecule has 0 aliphatic carbocycles. The molecule has 2 amide bonds. The highest BCUT2D eigenvalue weighted by Gasteiger charge is 2.34. The van der Waals surface area contributed by atoms with Gasteiger partial charge >= 0.3 is 12.1 Å². The van der Waals surface area contributed by atoms with Crippen LogP contribution in [-0.4, -0.2) is 17.8 Å². The number of halogens is 3. The lowest BCUT2D eigenvalue weighted by Gasteiger charge is -2.27. The predicted molar refractivity (Wildman–Crippen MR) is 122 cm³/mol. The molecule has 0 spiro atoms. The number of hydrogen-bond acceptors (Lipinski definition) is 4. The van der Waals surface area contributed by atoms with Crippen LogP contribution in [0.1, 0.15) is 42.2 Å². The molecule has 1 aliphatic heterocycles. The second kappa shape index (κ2) is 8.39. The molecule has 174 valence electrons. The SMILES string of the molecule is O=C(OCc1cccc(C(F)(F)F)c1)c1ccc(N2C(=O)c3cccc4cccc(c34)C2=O)cc1. The van der Waals surface area contributed by atoms with E-state index in [2.05, 4.69) is 0 Å². The number of anilines is 1.